The van der Waals surface area contributed by atoms with Crippen molar-refractivity contribution in [2.45, 2.75) is 0 Å². The molecule has 0 aliphatic heterocycles. The van der Waals surface area contributed by atoms with E-state index in [0.29, 0.717) is 0 Å². The molecule has 0 spiro atoms. The van der Waals surface area contributed by atoms with Gasteiger partial charge in [-0.05, 0) is 0 Å². The maximum Gasteiger partial charge on any atom is 0.313 e. The van der Waals surface area contributed by atoms with Crippen LogP contribution >= 0.6 is 11.6 Å². The Hall–Kier alpha value is -0.970. The first kappa shape index (κ1) is 5.79. The molecular weight excluding hydrogens is 164 g/mol. The van der Waals surface area contributed by atoms with E-state index in [1.54, 1.807) is 5.73 Å². The molecule has 1 heterocycles. The minimum Gasteiger partial charge on any atom is -0.382 e. The summed E-state index contributed by atoms with van der Waals surface area (Å²) in [5.41, 5.74) is 1.66. The number of rotatable bonds is 1. The molecule has 0 aliphatic carbocycles. The minimum atomic E-state index is -1.26. The van der Waals surface area contributed by atoms with Gasteiger partial charge in [0.25, 0.3) is 0 Å². The van der Waals surface area contributed by atoms with Crippen molar-refractivity contribution in [1.29, 1.82) is 0 Å². The van der Waals surface area contributed by atoms with E-state index in [4.69, 9.17) is 13.0 Å². The zero-order chi connectivity index (χ0) is 8.43. The average molecular weight is 167 g/mol. The lowest BCUT2D eigenvalue weighted by Gasteiger charge is -1.95. The molecule has 1 aromatic rings. The van der Waals surface area contributed by atoms with Crippen LogP contribution in [0.2, 0.25) is 6.43 Å². The van der Waals surface area contributed by atoms with Crippen molar-refractivity contribution in [2.75, 3.05) is 5.73 Å². The fourth-order valence-corrected chi connectivity index (χ4v) is 0.479. The number of aromatic nitrogens is 2. The van der Waals surface area contributed by atoms with Crippen LogP contribution < -0.4 is 5.73 Å². The Morgan fingerprint density at radius 2 is 2.20 bits per heavy atom. The van der Waals surface area contributed by atoms with Gasteiger partial charge in [-0.1, -0.05) is 11.6 Å². The van der Waals surface area contributed by atoms with Gasteiger partial charge in [0.15, 0.2) is 7.23 Å². The summed E-state index contributed by atoms with van der Waals surface area (Å²) in [6.07, 6.45) is -1.26. The number of nitrogens with two attached hydrogens (primary N) is 1. The Labute approximate surface area is 61.3 Å². The van der Waals surface area contributed by atoms with E-state index >= 15 is 0 Å². The zero-order valence-electron chi connectivity index (χ0n) is 5.53. The summed E-state index contributed by atoms with van der Waals surface area (Å²) >= 11 is 5.22. The predicted molar refractivity (Wildman–Crippen MR) is 31.4 cm³/mol. The summed E-state index contributed by atoms with van der Waals surface area (Å²) in [7, 11) is 0. The third-order valence-corrected chi connectivity index (χ3v) is 1.12. The second kappa shape index (κ2) is 2.34. The monoisotopic (exact) mass is 166 g/mol. The predicted octanol–water partition coefficient (Wildman–Crippen LogP) is 0.990. The van der Waals surface area contributed by atoms with E-state index in [9.17, 15) is 8.78 Å². The van der Waals surface area contributed by atoms with Crippen molar-refractivity contribution in [3.05, 3.63) is 17.0 Å². The lowest BCUT2D eigenvalue weighted by Crippen LogP contribution is -2.00. The molecule has 3 nitrogen and oxygen atoms in total. The van der Waals surface area contributed by atoms with Crippen LogP contribution in [-0.2, 0) is 0 Å². The first-order valence-corrected chi connectivity index (χ1v) is 2.59. The molecule has 1 rings (SSSR count). The largest absolute Gasteiger partial charge is 0.382 e. The van der Waals surface area contributed by atoms with Crippen molar-refractivity contribution >= 4 is 17.4 Å². The highest BCUT2D eigenvalue weighted by atomic mass is 35.5. The van der Waals surface area contributed by atoms with Gasteiger partial charge in [0.05, 0.1) is 0 Å². The molecule has 0 aliphatic rings. The summed E-state index contributed by atoms with van der Waals surface area (Å²) in [5, 5.41) is -0.499. The smallest absolute Gasteiger partial charge is 0.313 e. The van der Waals surface area contributed by atoms with Crippen molar-refractivity contribution in [3.63, 3.8) is 0 Å². The van der Waals surface area contributed by atoms with E-state index in [1.807, 2.05) is 0 Å². The van der Waals surface area contributed by atoms with Gasteiger partial charge in [-0.2, -0.15) is 18.7 Å². The summed E-state index contributed by atoms with van der Waals surface area (Å²) in [5.74, 6) is -1.58. The SMILES string of the molecule is [2H]Nc1nc(F)nc(F)c1Cl. The van der Waals surface area contributed by atoms with Crippen LogP contribution in [0.3, 0.4) is 0 Å². The Balaban J connectivity index is 3.24. The van der Waals surface area contributed by atoms with Crippen molar-refractivity contribution < 1.29 is 10.2 Å². The second-order valence-electron chi connectivity index (χ2n) is 1.45. The minimum absolute atomic E-state index is 0.392. The Bertz CT molecular complexity index is 282. The number of hydrogen-bond acceptors (Lipinski definition) is 3. The highest BCUT2D eigenvalue weighted by Gasteiger charge is 2.08. The number of nitrogen functional groups attached to an aromatic ring is 1. The highest BCUT2D eigenvalue weighted by molar-refractivity contribution is 6.32. The van der Waals surface area contributed by atoms with E-state index < -0.39 is 22.9 Å². The van der Waals surface area contributed by atoms with Crippen molar-refractivity contribution in [2.24, 2.45) is 0 Å². The van der Waals surface area contributed by atoms with E-state index in [0.717, 1.165) is 0 Å². The van der Waals surface area contributed by atoms with Gasteiger partial charge >= 0.3 is 6.08 Å². The fourth-order valence-electron chi connectivity index (χ4n) is 0.394. The van der Waals surface area contributed by atoms with E-state index in [2.05, 4.69) is 9.97 Å². The molecule has 10 heavy (non-hydrogen) atoms. The summed E-state index contributed by atoms with van der Waals surface area (Å²) < 4.78 is 31.1. The highest BCUT2D eigenvalue weighted by Crippen LogP contribution is 2.17. The van der Waals surface area contributed by atoms with Crippen LogP contribution in [0.15, 0.2) is 0 Å². The van der Waals surface area contributed by atoms with Gasteiger partial charge in [0, 0.05) is 0 Å². The maximum absolute atomic E-state index is 12.4. The average Bonchev–Trinajstić information content (AvgIpc) is 1.96. The van der Waals surface area contributed by atoms with Crippen LogP contribution in [0, 0.1) is 12.0 Å². The van der Waals surface area contributed by atoms with Crippen molar-refractivity contribution in [1.82, 2.24) is 9.97 Å². The van der Waals surface area contributed by atoms with Gasteiger partial charge in [-0.3, -0.25) is 0 Å². The van der Waals surface area contributed by atoms with Gasteiger partial charge in [-0.25, -0.2) is 0 Å². The van der Waals surface area contributed by atoms with Crippen LogP contribution in [-0.4, -0.2) is 9.97 Å². The first-order chi connectivity index (χ1) is 5.15. The summed E-state index contributed by atoms with van der Waals surface area (Å²) in [4.78, 5) is 5.69. The molecule has 0 atom stereocenters. The lowest BCUT2D eigenvalue weighted by molar-refractivity contribution is 0.485. The molecule has 0 radical (unpaired) electrons. The Morgan fingerprint density at radius 3 is 2.80 bits per heavy atom. The van der Waals surface area contributed by atoms with Crippen LogP contribution in [0.5, 0.6) is 0 Å². The van der Waals surface area contributed by atoms with Gasteiger partial charge in [0.2, 0.25) is 5.95 Å². The number of nitrogens with zero attached hydrogens (tertiary/aromatic N) is 2. The molecule has 6 heteroatoms. The Kier molecular flexibility index (Phi) is 1.35. The van der Waals surface area contributed by atoms with Gasteiger partial charge in [-0.15, -0.1) is 0 Å². The van der Waals surface area contributed by atoms with Crippen LogP contribution in [0.4, 0.5) is 14.6 Å². The van der Waals surface area contributed by atoms with Crippen molar-refractivity contribution in [3.8, 4) is 0 Å². The number of anilines is 1. The second-order valence-corrected chi connectivity index (χ2v) is 1.82. The first-order valence-electron chi connectivity index (χ1n) is 2.71. The lowest BCUT2D eigenvalue weighted by atomic mass is 10.6. The number of halogens is 3. The quantitative estimate of drug-likeness (QED) is 0.500. The molecular formula is C4H2ClF2N3. The van der Waals surface area contributed by atoms with Gasteiger partial charge in [0.1, 0.15) is 5.02 Å². The molecule has 1 aromatic heterocycles. The number of hydrogen-bond donors (Lipinski definition) is 1. The van der Waals surface area contributed by atoms with E-state index in [1.165, 1.54) is 0 Å². The maximum atomic E-state index is 12.4. The molecule has 0 aromatic carbocycles. The molecule has 0 amide bonds. The third kappa shape index (κ3) is 1.13. The standard InChI is InChI=1S/C4H2ClF2N3/c5-1-2(6)9-4(7)10-3(1)8/h(H2,8,9,10)/i/hD. The Morgan fingerprint density at radius 1 is 1.50 bits per heavy atom. The normalized spacial score (nSPS) is 10.9. The van der Waals surface area contributed by atoms with Crippen LogP contribution in [0.1, 0.15) is 0 Å². The topological polar surface area (TPSA) is 51.8 Å². The van der Waals surface area contributed by atoms with E-state index in [-0.39, 0.29) is 0 Å². The fraction of sp³-hybridized carbons (Fsp3) is 0. The molecule has 0 saturated heterocycles. The molecule has 54 valence electrons. The summed E-state index contributed by atoms with van der Waals surface area (Å²) in [6, 6.07) is 0. The van der Waals surface area contributed by atoms with Crippen LogP contribution in [0.25, 0.3) is 0 Å². The zero-order valence-corrected chi connectivity index (χ0v) is 5.28. The third-order valence-electron chi connectivity index (χ3n) is 0.784. The van der Waals surface area contributed by atoms with Gasteiger partial charge < -0.3 is 5.73 Å². The summed E-state index contributed by atoms with van der Waals surface area (Å²) in [6.45, 7) is 0. The molecule has 2 N–H and O–H groups in total. The molecule has 0 bridgehead atoms. The molecule has 0 fully saturated rings. The molecule has 0 unspecified atom stereocenters. The molecule has 0 saturated carbocycles.